The predicted octanol–water partition coefficient (Wildman–Crippen LogP) is 1.45. The van der Waals surface area contributed by atoms with Crippen LogP contribution in [0.1, 0.15) is 25.7 Å². The Kier molecular flexibility index (Phi) is 2.55. The molecule has 0 aromatic rings. The Balaban J connectivity index is 1.68. The van der Waals surface area contributed by atoms with E-state index in [4.69, 9.17) is 4.55 Å². The molecule has 4 bridgehead atoms. The van der Waals surface area contributed by atoms with Gasteiger partial charge in [0.25, 0.3) is 0 Å². The summed E-state index contributed by atoms with van der Waals surface area (Å²) < 4.78 is 59.7. The first-order valence-electron chi connectivity index (χ1n) is 6.18. The van der Waals surface area contributed by atoms with Crippen LogP contribution in [0.5, 0.6) is 0 Å². The molecule has 0 heterocycles. The number of hydrogen-bond acceptors (Lipinski definition) is 4. The fourth-order valence-electron chi connectivity index (χ4n) is 4.22. The van der Waals surface area contributed by atoms with E-state index in [9.17, 15) is 22.0 Å². The lowest BCUT2D eigenvalue weighted by molar-refractivity contribution is -0.163. The zero-order valence-electron chi connectivity index (χ0n) is 10.0. The molecule has 0 spiro atoms. The molecule has 0 amide bonds. The van der Waals surface area contributed by atoms with E-state index >= 15 is 0 Å². The highest BCUT2D eigenvalue weighted by molar-refractivity contribution is 7.86. The van der Waals surface area contributed by atoms with Crippen molar-refractivity contribution >= 4 is 16.1 Å². The average molecular weight is 296 g/mol. The fraction of sp³-hybridized carbons (Fsp3) is 0.909. The van der Waals surface area contributed by atoms with Crippen molar-refractivity contribution in [3.63, 3.8) is 0 Å². The van der Waals surface area contributed by atoms with Crippen molar-refractivity contribution in [2.75, 3.05) is 6.61 Å². The molecule has 0 saturated heterocycles. The Bertz CT molecular complexity index is 515. The number of ether oxygens (including phenoxy) is 1. The molecule has 4 aliphatic rings. The summed E-state index contributed by atoms with van der Waals surface area (Å²) in [7, 11) is -5.55. The zero-order chi connectivity index (χ0) is 14.1. The number of halogens is 2. The molecule has 19 heavy (non-hydrogen) atoms. The molecule has 4 fully saturated rings. The van der Waals surface area contributed by atoms with Crippen molar-refractivity contribution in [2.24, 2.45) is 23.2 Å². The standard InChI is InChI=1S/C11H14F2O5S/c12-11(13,19(15,16)17)5-18-9(14)10-3-6-1-8(10)2-7(6)4-10/h6-8H,1-5H2,(H,15,16,17). The molecule has 0 aromatic carbocycles. The Labute approximate surface area is 109 Å². The van der Waals surface area contributed by atoms with Crippen molar-refractivity contribution in [3.05, 3.63) is 0 Å². The topological polar surface area (TPSA) is 80.7 Å². The van der Waals surface area contributed by atoms with E-state index in [2.05, 4.69) is 4.74 Å². The van der Waals surface area contributed by atoms with Gasteiger partial charge in [0.2, 0.25) is 0 Å². The molecule has 0 aromatic heterocycles. The van der Waals surface area contributed by atoms with Gasteiger partial charge in [-0.25, -0.2) is 0 Å². The molecule has 1 N–H and O–H groups in total. The summed E-state index contributed by atoms with van der Waals surface area (Å²) in [5, 5.41) is -4.45. The number of alkyl halides is 2. The lowest BCUT2D eigenvalue weighted by atomic mass is 9.81. The second kappa shape index (κ2) is 3.66. The maximum Gasteiger partial charge on any atom is 0.402 e. The van der Waals surface area contributed by atoms with Crippen LogP contribution in [0, 0.1) is 23.2 Å². The Hall–Kier alpha value is -0.760. The van der Waals surface area contributed by atoms with Crippen LogP contribution in [0.15, 0.2) is 0 Å². The van der Waals surface area contributed by atoms with Gasteiger partial charge in [0, 0.05) is 0 Å². The molecular formula is C11H14F2O5S. The third kappa shape index (κ3) is 1.72. The third-order valence-corrected chi connectivity index (χ3v) is 5.90. The predicted molar refractivity (Wildman–Crippen MR) is 58.8 cm³/mol. The SMILES string of the molecule is O=C(OCC(F)(F)S(=O)(=O)O)C12CC3CC1CC3C2. The summed E-state index contributed by atoms with van der Waals surface area (Å²) in [6, 6.07) is 0. The third-order valence-electron chi connectivity index (χ3n) is 5.03. The van der Waals surface area contributed by atoms with Gasteiger partial charge < -0.3 is 4.74 Å². The summed E-state index contributed by atoms with van der Waals surface area (Å²) in [5.74, 6) is 0.428. The van der Waals surface area contributed by atoms with Gasteiger partial charge in [0.05, 0.1) is 5.41 Å². The van der Waals surface area contributed by atoms with Gasteiger partial charge in [0.1, 0.15) is 0 Å². The van der Waals surface area contributed by atoms with E-state index in [0.717, 1.165) is 12.8 Å². The molecule has 4 saturated carbocycles. The minimum absolute atomic E-state index is 0.189. The van der Waals surface area contributed by atoms with Gasteiger partial charge in [-0.15, -0.1) is 0 Å². The molecule has 8 heteroatoms. The van der Waals surface area contributed by atoms with Crippen LogP contribution >= 0.6 is 0 Å². The maximum absolute atomic E-state index is 13.0. The van der Waals surface area contributed by atoms with E-state index < -0.39 is 33.4 Å². The van der Waals surface area contributed by atoms with E-state index in [1.54, 1.807) is 0 Å². The summed E-state index contributed by atoms with van der Waals surface area (Å²) in [4.78, 5) is 12.0. The minimum atomic E-state index is -5.55. The van der Waals surface area contributed by atoms with Crippen LogP contribution in [-0.2, 0) is 19.6 Å². The van der Waals surface area contributed by atoms with Crippen LogP contribution in [0.3, 0.4) is 0 Å². The molecular weight excluding hydrogens is 282 g/mol. The molecule has 4 rings (SSSR count). The van der Waals surface area contributed by atoms with E-state index in [0.29, 0.717) is 24.7 Å². The number of carbonyl (C=O) groups excluding carboxylic acids is 1. The quantitative estimate of drug-likeness (QED) is 0.627. The van der Waals surface area contributed by atoms with Gasteiger partial charge in [-0.3, -0.25) is 9.35 Å². The molecule has 0 radical (unpaired) electrons. The van der Waals surface area contributed by atoms with Crippen LogP contribution in [0.2, 0.25) is 0 Å². The van der Waals surface area contributed by atoms with Crippen LogP contribution < -0.4 is 0 Å². The average Bonchev–Trinajstić information content (AvgIpc) is 2.96. The lowest BCUT2D eigenvalue weighted by Crippen LogP contribution is -2.39. The van der Waals surface area contributed by atoms with Crippen molar-refractivity contribution in [3.8, 4) is 0 Å². The first-order chi connectivity index (χ1) is 8.66. The van der Waals surface area contributed by atoms with Gasteiger partial charge >= 0.3 is 21.3 Å². The largest absolute Gasteiger partial charge is 0.458 e. The second-order valence-electron chi connectivity index (χ2n) is 5.94. The van der Waals surface area contributed by atoms with E-state index in [1.807, 2.05) is 0 Å². The number of hydrogen-bond donors (Lipinski definition) is 1. The van der Waals surface area contributed by atoms with Crippen LogP contribution in [0.25, 0.3) is 0 Å². The summed E-state index contributed by atoms with van der Waals surface area (Å²) >= 11 is 0. The van der Waals surface area contributed by atoms with Gasteiger partial charge in [-0.05, 0) is 43.4 Å². The van der Waals surface area contributed by atoms with Gasteiger partial charge in [0.15, 0.2) is 6.61 Å². The fourth-order valence-corrected chi connectivity index (χ4v) is 4.42. The van der Waals surface area contributed by atoms with Gasteiger partial charge in [-0.2, -0.15) is 17.2 Å². The zero-order valence-corrected chi connectivity index (χ0v) is 10.8. The first-order valence-corrected chi connectivity index (χ1v) is 7.62. The molecule has 108 valence electrons. The van der Waals surface area contributed by atoms with Crippen molar-refractivity contribution < 1.29 is 31.3 Å². The van der Waals surface area contributed by atoms with Crippen molar-refractivity contribution in [2.45, 2.75) is 30.9 Å². The normalized spacial score (nSPS) is 40.1. The minimum Gasteiger partial charge on any atom is -0.458 e. The summed E-state index contributed by atoms with van der Waals surface area (Å²) in [5.41, 5.74) is -0.676. The monoisotopic (exact) mass is 296 g/mol. The molecule has 4 aliphatic carbocycles. The number of esters is 1. The van der Waals surface area contributed by atoms with E-state index in [1.165, 1.54) is 0 Å². The van der Waals surface area contributed by atoms with Crippen molar-refractivity contribution in [1.82, 2.24) is 0 Å². The lowest BCUT2D eigenvalue weighted by Gasteiger charge is -2.27. The molecule has 2 unspecified atom stereocenters. The highest BCUT2D eigenvalue weighted by atomic mass is 32.2. The Morgan fingerprint density at radius 3 is 2.21 bits per heavy atom. The smallest absolute Gasteiger partial charge is 0.402 e. The molecule has 0 aliphatic heterocycles. The second-order valence-corrected chi connectivity index (χ2v) is 7.49. The van der Waals surface area contributed by atoms with Crippen LogP contribution in [-0.4, -0.2) is 30.8 Å². The number of rotatable bonds is 4. The maximum atomic E-state index is 13.0. The van der Waals surface area contributed by atoms with Crippen LogP contribution in [0.4, 0.5) is 8.78 Å². The Morgan fingerprint density at radius 1 is 1.32 bits per heavy atom. The summed E-state index contributed by atoms with van der Waals surface area (Å²) in [6.07, 6.45) is 3.21. The summed E-state index contributed by atoms with van der Waals surface area (Å²) in [6.45, 7) is -1.62. The van der Waals surface area contributed by atoms with E-state index in [-0.39, 0.29) is 5.92 Å². The van der Waals surface area contributed by atoms with Crippen molar-refractivity contribution in [1.29, 1.82) is 0 Å². The highest BCUT2D eigenvalue weighted by Gasteiger charge is 2.67. The number of carbonyl (C=O) groups is 1. The first kappa shape index (κ1) is 13.2. The van der Waals surface area contributed by atoms with Gasteiger partial charge in [-0.1, -0.05) is 0 Å². The molecule has 5 nitrogen and oxygen atoms in total. The molecule has 2 atom stereocenters. The Morgan fingerprint density at radius 2 is 1.84 bits per heavy atom. The highest BCUT2D eigenvalue weighted by Crippen LogP contribution is 2.70.